The monoisotopic (exact) mass is 228 g/mol. The molecule has 2 heterocycles. The maximum absolute atomic E-state index is 4.58. The molecule has 0 aliphatic heterocycles. The highest BCUT2D eigenvalue weighted by molar-refractivity contribution is 5.58. The molecule has 4 nitrogen and oxygen atoms in total. The molecule has 0 radical (unpaired) electrons. The Morgan fingerprint density at radius 2 is 2.00 bits per heavy atom. The molecule has 0 aliphatic rings. The minimum absolute atomic E-state index is 0.742. The molecule has 0 fully saturated rings. The molecule has 1 N–H and O–H groups in total. The van der Waals surface area contributed by atoms with Gasteiger partial charge in [-0.3, -0.25) is 4.98 Å². The lowest BCUT2D eigenvalue weighted by atomic mass is 10.1. The molecule has 0 spiro atoms. The second-order valence-electron chi connectivity index (χ2n) is 4.04. The first kappa shape index (κ1) is 11.7. The van der Waals surface area contributed by atoms with Crippen LogP contribution >= 0.6 is 0 Å². The van der Waals surface area contributed by atoms with Gasteiger partial charge in [0.15, 0.2) is 5.82 Å². The average Bonchev–Trinajstić information content (AvgIpc) is 2.33. The van der Waals surface area contributed by atoms with Crippen molar-refractivity contribution in [1.29, 1.82) is 0 Å². The number of hydrogen-bond donors (Lipinski definition) is 1. The van der Waals surface area contributed by atoms with Crippen LogP contribution in [-0.4, -0.2) is 22.0 Å². The van der Waals surface area contributed by atoms with E-state index in [-0.39, 0.29) is 0 Å². The molecular formula is C13H16N4. The maximum atomic E-state index is 4.58. The zero-order valence-corrected chi connectivity index (χ0v) is 10.4. The van der Waals surface area contributed by atoms with Gasteiger partial charge in [0.05, 0.1) is 5.69 Å². The van der Waals surface area contributed by atoms with Gasteiger partial charge >= 0.3 is 0 Å². The molecule has 88 valence electrons. The van der Waals surface area contributed by atoms with Crippen LogP contribution in [0.15, 0.2) is 24.7 Å². The number of pyridine rings is 1. The lowest BCUT2D eigenvalue weighted by molar-refractivity contribution is 0.779. The van der Waals surface area contributed by atoms with Gasteiger partial charge in [0.1, 0.15) is 0 Å². The van der Waals surface area contributed by atoms with Gasteiger partial charge in [-0.2, -0.15) is 0 Å². The largest absolute Gasteiger partial charge is 0.314 e. The van der Waals surface area contributed by atoms with Gasteiger partial charge < -0.3 is 5.32 Å². The predicted molar refractivity (Wildman–Crippen MR) is 67.5 cm³/mol. The van der Waals surface area contributed by atoms with Crippen molar-refractivity contribution in [3.05, 3.63) is 41.5 Å². The quantitative estimate of drug-likeness (QED) is 0.871. The SMILES string of the molecule is CNCc1nc(-c2cnccc2C)ncc1C. The molecule has 0 bridgehead atoms. The van der Waals surface area contributed by atoms with Crippen LogP contribution in [0.1, 0.15) is 16.8 Å². The molecule has 0 saturated carbocycles. The van der Waals surface area contributed by atoms with Crippen molar-refractivity contribution in [3.63, 3.8) is 0 Å². The third kappa shape index (κ3) is 2.47. The molecule has 2 aromatic heterocycles. The number of rotatable bonds is 3. The summed E-state index contributed by atoms with van der Waals surface area (Å²) in [5, 5.41) is 3.11. The van der Waals surface area contributed by atoms with E-state index in [1.807, 2.05) is 39.4 Å². The summed E-state index contributed by atoms with van der Waals surface area (Å²) in [7, 11) is 1.91. The van der Waals surface area contributed by atoms with Crippen molar-refractivity contribution in [2.24, 2.45) is 0 Å². The van der Waals surface area contributed by atoms with E-state index >= 15 is 0 Å². The van der Waals surface area contributed by atoms with E-state index in [1.54, 1.807) is 6.20 Å². The summed E-state index contributed by atoms with van der Waals surface area (Å²) >= 11 is 0. The highest BCUT2D eigenvalue weighted by Crippen LogP contribution is 2.18. The molecule has 4 heteroatoms. The Hall–Kier alpha value is -1.81. The Morgan fingerprint density at radius 1 is 1.18 bits per heavy atom. The second kappa shape index (κ2) is 5.01. The Bertz CT molecular complexity index is 523. The van der Waals surface area contributed by atoms with Crippen LogP contribution in [0.4, 0.5) is 0 Å². The fourth-order valence-electron chi connectivity index (χ4n) is 1.65. The minimum Gasteiger partial charge on any atom is -0.314 e. The Labute approximate surface area is 101 Å². The van der Waals surface area contributed by atoms with Crippen molar-refractivity contribution in [2.75, 3.05) is 7.05 Å². The maximum Gasteiger partial charge on any atom is 0.161 e. The molecule has 0 unspecified atom stereocenters. The van der Waals surface area contributed by atoms with Crippen molar-refractivity contribution < 1.29 is 0 Å². The molecule has 17 heavy (non-hydrogen) atoms. The first-order valence-corrected chi connectivity index (χ1v) is 5.60. The number of hydrogen-bond acceptors (Lipinski definition) is 4. The fraction of sp³-hybridized carbons (Fsp3) is 0.308. The van der Waals surface area contributed by atoms with Crippen molar-refractivity contribution in [2.45, 2.75) is 20.4 Å². The topological polar surface area (TPSA) is 50.7 Å². The van der Waals surface area contributed by atoms with E-state index in [0.717, 1.165) is 34.8 Å². The lowest BCUT2D eigenvalue weighted by Gasteiger charge is -2.08. The van der Waals surface area contributed by atoms with E-state index in [1.165, 1.54) is 0 Å². The second-order valence-corrected chi connectivity index (χ2v) is 4.04. The number of nitrogens with zero attached hydrogens (tertiary/aromatic N) is 3. The standard InChI is InChI=1S/C13H16N4/c1-9-4-5-15-7-11(9)13-16-6-10(2)12(17-13)8-14-3/h4-7,14H,8H2,1-3H3. The summed E-state index contributed by atoms with van der Waals surface area (Å²) in [4.78, 5) is 13.1. The third-order valence-corrected chi connectivity index (χ3v) is 2.70. The summed E-state index contributed by atoms with van der Waals surface area (Å²) in [6, 6.07) is 1.97. The van der Waals surface area contributed by atoms with Gasteiger partial charge in [0.25, 0.3) is 0 Å². The number of aromatic nitrogens is 3. The van der Waals surface area contributed by atoms with E-state index in [9.17, 15) is 0 Å². The zero-order valence-electron chi connectivity index (χ0n) is 10.4. The van der Waals surface area contributed by atoms with Crippen LogP contribution in [0.3, 0.4) is 0 Å². The van der Waals surface area contributed by atoms with Gasteiger partial charge in [-0.25, -0.2) is 9.97 Å². The smallest absolute Gasteiger partial charge is 0.161 e. The summed E-state index contributed by atoms with van der Waals surface area (Å²) in [6.45, 7) is 4.81. The molecule has 2 aromatic rings. The van der Waals surface area contributed by atoms with Crippen LogP contribution in [-0.2, 0) is 6.54 Å². The average molecular weight is 228 g/mol. The van der Waals surface area contributed by atoms with Gasteiger partial charge in [-0.1, -0.05) is 0 Å². The highest BCUT2D eigenvalue weighted by Gasteiger charge is 2.07. The molecule has 0 aromatic carbocycles. The number of aryl methyl sites for hydroxylation is 2. The summed E-state index contributed by atoms with van der Waals surface area (Å²) in [6.07, 6.45) is 5.45. The molecular weight excluding hydrogens is 212 g/mol. The van der Waals surface area contributed by atoms with Crippen molar-refractivity contribution >= 4 is 0 Å². The number of nitrogens with one attached hydrogen (secondary N) is 1. The van der Waals surface area contributed by atoms with Gasteiger partial charge in [-0.05, 0) is 38.1 Å². The van der Waals surface area contributed by atoms with Crippen LogP contribution in [0.2, 0.25) is 0 Å². The van der Waals surface area contributed by atoms with Gasteiger partial charge in [-0.15, -0.1) is 0 Å². The first-order valence-electron chi connectivity index (χ1n) is 5.60. The van der Waals surface area contributed by atoms with Crippen LogP contribution in [0, 0.1) is 13.8 Å². The van der Waals surface area contributed by atoms with Crippen molar-refractivity contribution in [3.8, 4) is 11.4 Å². The predicted octanol–water partition coefficient (Wildman–Crippen LogP) is 1.87. The molecule has 0 atom stereocenters. The summed E-state index contributed by atoms with van der Waals surface area (Å²) in [5.74, 6) is 0.742. The third-order valence-electron chi connectivity index (χ3n) is 2.70. The Morgan fingerprint density at radius 3 is 2.71 bits per heavy atom. The van der Waals surface area contributed by atoms with Crippen LogP contribution in [0.25, 0.3) is 11.4 Å². The van der Waals surface area contributed by atoms with Crippen LogP contribution in [0.5, 0.6) is 0 Å². The molecule has 0 amide bonds. The van der Waals surface area contributed by atoms with E-state index in [2.05, 4.69) is 20.3 Å². The summed E-state index contributed by atoms with van der Waals surface area (Å²) < 4.78 is 0. The van der Waals surface area contributed by atoms with E-state index < -0.39 is 0 Å². The summed E-state index contributed by atoms with van der Waals surface area (Å²) in [5.41, 5.74) is 4.26. The van der Waals surface area contributed by atoms with Crippen molar-refractivity contribution in [1.82, 2.24) is 20.3 Å². The van der Waals surface area contributed by atoms with Gasteiger partial charge in [0.2, 0.25) is 0 Å². The normalized spacial score (nSPS) is 10.5. The molecule has 0 aliphatic carbocycles. The Kier molecular flexibility index (Phi) is 3.44. The van der Waals surface area contributed by atoms with Gasteiger partial charge in [0, 0.05) is 30.7 Å². The van der Waals surface area contributed by atoms with E-state index in [4.69, 9.17) is 0 Å². The lowest BCUT2D eigenvalue weighted by Crippen LogP contribution is -2.10. The highest BCUT2D eigenvalue weighted by atomic mass is 14.9. The fourth-order valence-corrected chi connectivity index (χ4v) is 1.65. The van der Waals surface area contributed by atoms with Crippen LogP contribution < -0.4 is 5.32 Å². The molecule has 0 saturated heterocycles. The van der Waals surface area contributed by atoms with E-state index in [0.29, 0.717) is 0 Å². The zero-order chi connectivity index (χ0) is 12.3. The minimum atomic E-state index is 0.742. The Balaban J connectivity index is 2.46. The molecule has 2 rings (SSSR count). The first-order chi connectivity index (χ1) is 8.22.